The van der Waals surface area contributed by atoms with E-state index in [-0.39, 0.29) is 6.01 Å². The number of nitrogens with one attached hydrogen (secondary N) is 1. The predicted octanol–water partition coefficient (Wildman–Crippen LogP) is 3.06. The van der Waals surface area contributed by atoms with Crippen LogP contribution < -0.4 is 5.73 Å². The van der Waals surface area contributed by atoms with E-state index in [1.54, 1.807) is 0 Å². The molecular formula is C11H8ClN3O. The highest BCUT2D eigenvalue weighted by atomic mass is 35.5. The second-order valence-electron chi connectivity index (χ2n) is 3.46. The van der Waals surface area contributed by atoms with Crippen molar-refractivity contribution in [2.75, 3.05) is 5.73 Å². The third-order valence-electron chi connectivity index (χ3n) is 2.44. The molecule has 0 aliphatic carbocycles. The highest BCUT2D eigenvalue weighted by Gasteiger charge is 2.10. The molecule has 0 radical (unpaired) electrons. The van der Waals surface area contributed by atoms with Crippen molar-refractivity contribution in [1.82, 2.24) is 9.97 Å². The molecule has 2 aromatic heterocycles. The van der Waals surface area contributed by atoms with Crippen molar-refractivity contribution in [1.29, 1.82) is 0 Å². The van der Waals surface area contributed by atoms with Gasteiger partial charge in [0.25, 0.3) is 6.01 Å². The molecule has 4 nitrogen and oxygen atoms in total. The molecular weight excluding hydrogens is 226 g/mol. The number of aromatic nitrogens is 2. The zero-order chi connectivity index (χ0) is 11.1. The first kappa shape index (κ1) is 9.30. The molecule has 0 atom stereocenters. The molecule has 3 rings (SSSR count). The minimum absolute atomic E-state index is 0.159. The number of nitrogen functional groups attached to an aromatic ring is 1. The second kappa shape index (κ2) is 3.28. The number of benzene rings is 1. The van der Waals surface area contributed by atoms with Crippen molar-refractivity contribution >= 4 is 28.5 Å². The van der Waals surface area contributed by atoms with Gasteiger partial charge in [0.15, 0.2) is 0 Å². The molecule has 16 heavy (non-hydrogen) atoms. The highest BCUT2D eigenvalue weighted by molar-refractivity contribution is 6.31. The molecule has 1 aromatic carbocycles. The van der Waals surface area contributed by atoms with Gasteiger partial charge in [0.05, 0.1) is 0 Å². The van der Waals surface area contributed by atoms with Crippen molar-refractivity contribution in [3.63, 3.8) is 0 Å². The Morgan fingerprint density at radius 3 is 3.00 bits per heavy atom. The molecule has 5 heteroatoms. The summed E-state index contributed by atoms with van der Waals surface area (Å²) in [6.07, 6.45) is 3.39. The molecule has 80 valence electrons. The Labute approximate surface area is 96.0 Å². The Hall–Kier alpha value is -1.94. The van der Waals surface area contributed by atoms with Crippen LogP contribution in [0.4, 0.5) is 6.01 Å². The van der Waals surface area contributed by atoms with Crippen LogP contribution in [0.15, 0.2) is 35.1 Å². The lowest BCUT2D eigenvalue weighted by molar-refractivity contribution is 0.581. The summed E-state index contributed by atoms with van der Waals surface area (Å²) in [5.41, 5.74) is 8.07. The van der Waals surface area contributed by atoms with E-state index in [0.717, 1.165) is 16.5 Å². The van der Waals surface area contributed by atoms with Crippen LogP contribution in [0.5, 0.6) is 0 Å². The van der Waals surface area contributed by atoms with E-state index in [1.807, 2.05) is 24.4 Å². The van der Waals surface area contributed by atoms with Crippen molar-refractivity contribution in [2.24, 2.45) is 0 Å². The zero-order valence-corrected chi connectivity index (χ0v) is 8.95. The average molecular weight is 234 g/mol. The van der Waals surface area contributed by atoms with E-state index in [9.17, 15) is 0 Å². The summed E-state index contributed by atoms with van der Waals surface area (Å²) < 4.78 is 4.99. The molecule has 2 heterocycles. The van der Waals surface area contributed by atoms with E-state index in [0.29, 0.717) is 10.7 Å². The Kier molecular flexibility index (Phi) is 1.91. The zero-order valence-electron chi connectivity index (χ0n) is 8.20. The highest BCUT2D eigenvalue weighted by Crippen LogP contribution is 2.30. The topological polar surface area (TPSA) is 67.8 Å². The monoisotopic (exact) mass is 233 g/mol. The first-order chi connectivity index (χ1) is 7.74. The minimum Gasteiger partial charge on any atom is -0.432 e. The quantitative estimate of drug-likeness (QED) is 0.679. The van der Waals surface area contributed by atoms with Crippen molar-refractivity contribution in [2.45, 2.75) is 0 Å². The summed E-state index contributed by atoms with van der Waals surface area (Å²) >= 11 is 5.96. The predicted molar refractivity (Wildman–Crippen MR) is 63.2 cm³/mol. The summed E-state index contributed by atoms with van der Waals surface area (Å²) in [6, 6.07) is 5.80. The second-order valence-corrected chi connectivity index (χ2v) is 3.90. The first-order valence-corrected chi connectivity index (χ1v) is 5.10. The van der Waals surface area contributed by atoms with E-state index in [2.05, 4.69) is 9.97 Å². The summed E-state index contributed by atoms with van der Waals surface area (Å²) in [4.78, 5) is 7.22. The number of hydrogen-bond donors (Lipinski definition) is 2. The first-order valence-electron chi connectivity index (χ1n) is 4.72. The molecule has 0 unspecified atom stereocenters. The number of rotatable bonds is 1. The van der Waals surface area contributed by atoms with Crippen LogP contribution in [0.2, 0.25) is 5.02 Å². The van der Waals surface area contributed by atoms with Gasteiger partial charge in [0, 0.05) is 27.7 Å². The van der Waals surface area contributed by atoms with Gasteiger partial charge in [-0.05, 0) is 18.2 Å². The number of fused-ring (bicyclic) bond motifs is 1. The number of nitrogens with two attached hydrogens (primary N) is 1. The standard InChI is InChI=1S/C11H8ClN3O/c12-6-1-2-9-7(3-6)8(4-14-9)10-5-16-11(13)15-10/h1-5,14H,(H2,13,15). The number of oxazole rings is 1. The van der Waals surface area contributed by atoms with Crippen molar-refractivity contribution in [3.8, 4) is 11.3 Å². The van der Waals surface area contributed by atoms with Gasteiger partial charge >= 0.3 is 0 Å². The molecule has 0 saturated carbocycles. The van der Waals surface area contributed by atoms with Gasteiger partial charge < -0.3 is 15.1 Å². The molecule has 0 bridgehead atoms. The molecule has 0 amide bonds. The summed E-state index contributed by atoms with van der Waals surface area (Å²) in [6.45, 7) is 0. The molecule has 3 N–H and O–H groups in total. The summed E-state index contributed by atoms with van der Waals surface area (Å²) in [5, 5.41) is 1.69. The maximum atomic E-state index is 5.96. The van der Waals surface area contributed by atoms with Crippen LogP contribution in [0.3, 0.4) is 0 Å². The third-order valence-corrected chi connectivity index (χ3v) is 2.68. The number of H-pyrrole nitrogens is 1. The van der Waals surface area contributed by atoms with Gasteiger partial charge in [-0.1, -0.05) is 11.6 Å². The Balaban J connectivity index is 2.27. The van der Waals surface area contributed by atoms with E-state index in [4.69, 9.17) is 21.8 Å². The molecule has 0 saturated heterocycles. The third kappa shape index (κ3) is 1.35. The van der Waals surface area contributed by atoms with Crippen LogP contribution in [-0.4, -0.2) is 9.97 Å². The lowest BCUT2D eigenvalue weighted by atomic mass is 10.1. The minimum atomic E-state index is 0.159. The van der Waals surface area contributed by atoms with Gasteiger partial charge in [-0.15, -0.1) is 0 Å². The number of nitrogens with zero attached hydrogens (tertiary/aromatic N) is 1. The molecule has 0 spiro atoms. The number of hydrogen-bond acceptors (Lipinski definition) is 3. The fourth-order valence-electron chi connectivity index (χ4n) is 1.72. The Morgan fingerprint density at radius 2 is 2.25 bits per heavy atom. The summed E-state index contributed by atoms with van der Waals surface area (Å²) in [5.74, 6) is 0. The molecule has 3 aromatic rings. The van der Waals surface area contributed by atoms with Crippen LogP contribution in [0, 0.1) is 0 Å². The largest absolute Gasteiger partial charge is 0.432 e. The van der Waals surface area contributed by atoms with Gasteiger partial charge in [0.2, 0.25) is 0 Å². The van der Waals surface area contributed by atoms with Gasteiger partial charge in [0.1, 0.15) is 12.0 Å². The maximum Gasteiger partial charge on any atom is 0.292 e. The van der Waals surface area contributed by atoms with Crippen molar-refractivity contribution < 1.29 is 4.42 Å². The number of halogens is 1. The van der Waals surface area contributed by atoms with Gasteiger partial charge in [-0.25, -0.2) is 0 Å². The average Bonchev–Trinajstić information content (AvgIpc) is 2.83. The van der Waals surface area contributed by atoms with E-state index < -0.39 is 0 Å². The van der Waals surface area contributed by atoms with Crippen LogP contribution >= 0.6 is 11.6 Å². The number of aromatic amines is 1. The van der Waals surface area contributed by atoms with E-state index >= 15 is 0 Å². The van der Waals surface area contributed by atoms with Crippen LogP contribution in [0.1, 0.15) is 0 Å². The SMILES string of the molecule is Nc1nc(-c2c[nH]c3ccc(Cl)cc23)co1. The Bertz CT molecular complexity index is 656. The molecule has 0 fully saturated rings. The lowest BCUT2D eigenvalue weighted by Crippen LogP contribution is -1.82. The normalized spacial score (nSPS) is 11.1. The fraction of sp³-hybridized carbons (Fsp3) is 0. The lowest BCUT2D eigenvalue weighted by Gasteiger charge is -1.94. The smallest absolute Gasteiger partial charge is 0.292 e. The molecule has 0 aliphatic heterocycles. The maximum absolute atomic E-state index is 5.96. The fourth-order valence-corrected chi connectivity index (χ4v) is 1.89. The molecule has 0 aliphatic rings. The van der Waals surface area contributed by atoms with Crippen molar-refractivity contribution in [3.05, 3.63) is 35.7 Å². The van der Waals surface area contributed by atoms with Gasteiger partial charge in [-0.3, -0.25) is 0 Å². The van der Waals surface area contributed by atoms with E-state index in [1.165, 1.54) is 6.26 Å². The summed E-state index contributed by atoms with van der Waals surface area (Å²) in [7, 11) is 0. The van der Waals surface area contributed by atoms with Gasteiger partial charge in [-0.2, -0.15) is 4.98 Å². The van der Waals surface area contributed by atoms with Crippen LogP contribution in [0.25, 0.3) is 22.2 Å². The Morgan fingerprint density at radius 1 is 1.38 bits per heavy atom. The van der Waals surface area contributed by atoms with Crippen LogP contribution in [-0.2, 0) is 0 Å². The number of anilines is 1.